The first kappa shape index (κ1) is 25.0. The van der Waals surface area contributed by atoms with E-state index < -0.39 is 0 Å². The zero-order valence-corrected chi connectivity index (χ0v) is 17.2. The summed E-state index contributed by atoms with van der Waals surface area (Å²) in [6, 6.07) is 5.86. The summed E-state index contributed by atoms with van der Waals surface area (Å²) in [5.41, 5.74) is 6.44. The molecule has 1 aliphatic heterocycles. The maximum atomic E-state index is 12.3. The lowest BCUT2D eigenvalue weighted by molar-refractivity contribution is -0.135. The predicted molar refractivity (Wildman–Crippen MR) is 111 cm³/mol. The Bertz CT molecular complexity index is 537. The van der Waals surface area contributed by atoms with Crippen LogP contribution in [0.3, 0.4) is 0 Å². The van der Waals surface area contributed by atoms with Crippen LogP contribution in [0, 0.1) is 5.92 Å². The minimum absolute atomic E-state index is 0. The van der Waals surface area contributed by atoms with E-state index in [0.717, 1.165) is 36.6 Å². The fourth-order valence-corrected chi connectivity index (χ4v) is 3.58. The van der Waals surface area contributed by atoms with Crippen LogP contribution in [0.25, 0.3) is 0 Å². The van der Waals surface area contributed by atoms with E-state index in [9.17, 15) is 9.59 Å². The minimum atomic E-state index is -0.101. The van der Waals surface area contributed by atoms with E-state index in [4.69, 9.17) is 5.73 Å². The largest absolute Gasteiger partial charge is 0.355 e. The molecule has 9 heteroatoms. The van der Waals surface area contributed by atoms with E-state index in [0.29, 0.717) is 26.1 Å². The van der Waals surface area contributed by atoms with Crippen molar-refractivity contribution in [1.82, 2.24) is 15.2 Å². The van der Waals surface area contributed by atoms with Gasteiger partial charge in [0.15, 0.2) is 0 Å². The number of rotatable bonds is 8. The Morgan fingerprint density at radius 3 is 2.85 bits per heavy atom. The Kier molecular flexibility index (Phi) is 13.5. The Labute approximate surface area is 171 Å². The first-order valence-corrected chi connectivity index (χ1v) is 9.59. The number of pyridine rings is 1. The van der Waals surface area contributed by atoms with E-state index >= 15 is 0 Å². The molecule has 3 N–H and O–H groups in total. The van der Waals surface area contributed by atoms with Crippen molar-refractivity contribution in [3.8, 4) is 0 Å². The second kappa shape index (κ2) is 14.1. The van der Waals surface area contributed by atoms with Crippen LogP contribution in [0.1, 0.15) is 25.0 Å². The molecule has 2 rings (SSSR count). The smallest absolute Gasteiger partial charge is 0.224 e. The van der Waals surface area contributed by atoms with Gasteiger partial charge in [-0.15, -0.1) is 24.8 Å². The van der Waals surface area contributed by atoms with Crippen LogP contribution in [-0.2, 0) is 15.3 Å². The van der Waals surface area contributed by atoms with Crippen LogP contribution < -0.4 is 11.1 Å². The zero-order chi connectivity index (χ0) is 17.2. The van der Waals surface area contributed by atoms with Crippen molar-refractivity contribution in [3.05, 3.63) is 30.1 Å². The lowest BCUT2D eigenvalue weighted by atomic mass is 9.97. The van der Waals surface area contributed by atoms with Gasteiger partial charge in [0.25, 0.3) is 0 Å². The van der Waals surface area contributed by atoms with Gasteiger partial charge in [-0.3, -0.25) is 14.6 Å². The molecule has 2 heterocycles. The monoisotopic (exact) mass is 422 g/mol. The summed E-state index contributed by atoms with van der Waals surface area (Å²) in [4.78, 5) is 30.5. The summed E-state index contributed by atoms with van der Waals surface area (Å²) in [6.07, 6.45) is 4.02. The van der Waals surface area contributed by atoms with Crippen molar-refractivity contribution in [2.45, 2.75) is 25.0 Å². The van der Waals surface area contributed by atoms with E-state index in [1.54, 1.807) is 18.0 Å². The molecule has 0 bridgehead atoms. The number of thioether (sulfide) groups is 1. The summed E-state index contributed by atoms with van der Waals surface area (Å²) < 4.78 is 0. The standard InChI is InChI=1S/C17H26N4O2S.2ClH/c18-7-9-20-17(23)14-4-3-10-21(12-14)16(22)6-11-24-13-15-5-1-2-8-19-15;;/h1-2,5,8,14H,3-4,6-7,9-13,18H2,(H,20,23);2*1H. The summed E-state index contributed by atoms with van der Waals surface area (Å²) in [7, 11) is 0. The maximum absolute atomic E-state index is 12.3. The molecule has 1 fully saturated rings. The van der Waals surface area contributed by atoms with Gasteiger partial charge < -0.3 is 16.0 Å². The van der Waals surface area contributed by atoms with Crippen molar-refractivity contribution >= 4 is 48.4 Å². The molecule has 1 aromatic heterocycles. The van der Waals surface area contributed by atoms with Crippen molar-refractivity contribution in [2.75, 3.05) is 31.9 Å². The predicted octanol–water partition coefficient (Wildman–Crippen LogP) is 1.86. The van der Waals surface area contributed by atoms with Gasteiger partial charge in [0.1, 0.15) is 0 Å². The number of amides is 2. The zero-order valence-electron chi connectivity index (χ0n) is 14.8. The quantitative estimate of drug-likeness (QED) is 0.624. The van der Waals surface area contributed by atoms with Gasteiger partial charge >= 0.3 is 0 Å². The number of nitrogens with two attached hydrogens (primary N) is 1. The number of nitrogens with zero attached hydrogens (tertiary/aromatic N) is 2. The second-order valence-corrected chi connectivity index (χ2v) is 6.99. The number of hydrogen-bond acceptors (Lipinski definition) is 5. The second-order valence-electron chi connectivity index (χ2n) is 5.88. The van der Waals surface area contributed by atoms with Crippen molar-refractivity contribution in [1.29, 1.82) is 0 Å². The third-order valence-corrected chi connectivity index (χ3v) is 5.02. The third kappa shape index (κ3) is 8.58. The molecule has 0 saturated carbocycles. The molecule has 0 aliphatic carbocycles. The molecule has 6 nitrogen and oxygen atoms in total. The van der Waals surface area contributed by atoms with Gasteiger partial charge in [-0.2, -0.15) is 11.8 Å². The van der Waals surface area contributed by atoms with E-state index in [1.807, 2.05) is 23.1 Å². The van der Waals surface area contributed by atoms with Crippen LogP contribution in [0.4, 0.5) is 0 Å². The number of aromatic nitrogens is 1. The molecular weight excluding hydrogens is 395 g/mol. The summed E-state index contributed by atoms with van der Waals surface area (Å²) in [5.74, 6) is 1.64. The number of hydrogen-bond donors (Lipinski definition) is 2. The lowest BCUT2D eigenvalue weighted by Gasteiger charge is -2.32. The number of nitrogens with one attached hydrogen (secondary N) is 1. The maximum Gasteiger partial charge on any atom is 0.224 e. The van der Waals surface area contributed by atoms with Crippen LogP contribution in [0.15, 0.2) is 24.4 Å². The van der Waals surface area contributed by atoms with Gasteiger partial charge in [0.05, 0.1) is 11.6 Å². The number of likely N-dealkylation sites (tertiary alicyclic amines) is 1. The minimum Gasteiger partial charge on any atom is -0.355 e. The number of carbonyl (C=O) groups is 2. The van der Waals surface area contributed by atoms with E-state index in [1.165, 1.54) is 0 Å². The summed E-state index contributed by atoms with van der Waals surface area (Å²) in [6.45, 7) is 2.21. The normalized spacial score (nSPS) is 16.2. The molecule has 0 aromatic carbocycles. The highest BCUT2D eigenvalue weighted by atomic mass is 35.5. The molecule has 2 amide bonds. The number of carbonyl (C=O) groups excluding carboxylic acids is 2. The van der Waals surface area contributed by atoms with Crippen molar-refractivity contribution in [2.24, 2.45) is 11.7 Å². The Hall–Kier alpha value is -1.02. The van der Waals surface area contributed by atoms with Crippen LogP contribution in [-0.4, -0.2) is 53.6 Å². The molecule has 1 unspecified atom stereocenters. The Morgan fingerprint density at radius 2 is 2.15 bits per heavy atom. The Morgan fingerprint density at radius 1 is 1.35 bits per heavy atom. The number of piperidine rings is 1. The van der Waals surface area contributed by atoms with Crippen LogP contribution in [0.5, 0.6) is 0 Å². The molecule has 1 aliphatic rings. The van der Waals surface area contributed by atoms with Crippen LogP contribution in [0.2, 0.25) is 0 Å². The first-order chi connectivity index (χ1) is 11.7. The Balaban J connectivity index is 0.00000312. The fourth-order valence-electron chi connectivity index (χ4n) is 2.74. The molecule has 26 heavy (non-hydrogen) atoms. The van der Waals surface area contributed by atoms with Gasteiger partial charge in [0, 0.05) is 50.3 Å². The molecule has 0 radical (unpaired) electrons. The van der Waals surface area contributed by atoms with Gasteiger partial charge in [-0.25, -0.2) is 0 Å². The molecule has 1 atom stereocenters. The molecular formula is C17H28Cl2N4O2S. The fraction of sp³-hybridized carbons (Fsp3) is 0.588. The van der Waals surface area contributed by atoms with Gasteiger partial charge in [0.2, 0.25) is 11.8 Å². The average molecular weight is 423 g/mol. The van der Waals surface area contributed by atoms with Gasteiger partial charge in [-0.05, 0) is 25.0 Å². The molecule has 148 valence electrons. The molecule has 0 spiro atoms. The average Bonchev–Trinajstić information content (AvgIpc) is 2.64. The van der Waals surface area contributed by atoms with E-state index in [2.05, 4.69) is 10.3 Å². The lowest BCUT2D eigenvalue weighted by Crippen LogP contribution is -2.46. The SMILES string of the molecule is Cl.Cl.NCCNC(=O)C1CCCN(C(=O)CCSCc2ccccn2)C1. The van der Waals surface area contributed by atoms with E-state index in [-0.39, 0.29) is 42.5 Å². The van der Waals surface area contributed by atoms with Crippen molar-refractivity contribution < 1.29 is 9.59 Å². The molecule has 1 saturated heterocycles. The van der Waals surface area contributed by atoms with Crippen molar-refractivity contribution in [3.63, 3.8) is 0 Å². The number of halogens is 2. The highest BCUT2D eigenvalue weighted by Crippen LogP contribution is 2.18. The summed E-state index contributed by atoms with van der Waals surface area (Å²) in [5, 5.41) is 2.82. The highest BCUT2D eigenvalue weighted by Gasteiger charge is 2.27. The van der Waals surface area contributed by atoms with Crippen LogP contribution >= 0.6 is 36.6 Å². The topological polar surface area (TPSA) is 88.3 Å². The van der Waals surface area contributed by atoms with Gasteiger partial charge in [-0.1, -0.05) is 6.07 Å². The first-order valence-electron chi connectivity index (χ1n) is 8.44. The highest BCUT2D eigenvalue weighted by molar-refractivity contribution is 7.98. The summed E-state index contributed by atoms with van der Waals surface area (Å²) >= 11 is 1.71. The third-order valence-electron chi connectivity index (χ3n) is 4.02. The molecule has 1 aromatic rings.